The molecule has 0 atom stereocenters. The minimum Gasteiger partial charge on any atom is -0.307 e. The summed E-state index contributed by atoms with van der Waals surface area (Å²) in [6.45, 7) is 0.647. The van der Waals surface area contributed by atoms with Crippen LogP contribution in [0, 0.1) is 0 Å². The first-order valence-corrected chi connectivity index (χ1v) is 7.77. The van der Waals surface area contributed by atoms with Gasteiger partial charge in [0.25, 0.3) is 5.91 Å². The molecule has 23 heavy (non-hydrogen) atoms. The Kier molecular flexibility index (Phi) is 3.27. The molecular weight excluding hydrogens is 314 g/mol. The summed E-state index contributed by atoms with van der Waals surface area (Å²) >= 11 is 6.33. The van der Waals surface area contributed by atoms with E-state index < -0.39 is 0 Å². The fourth-order valence-electron chi connectivity index (χ4n) is 3.01. The summed E-state index contributed by atoms with van der Waals surface area (Å²) in [6.07, 6.45) is 3.42. The summed E-state index contributed by atoms with van der Waals surface area (Å²) in [4.78, 5) is 19.0. The molecule has 0 saturated heterocycles. The third-order valence-electron chi connectivity index (χ3n) is 4.10. The van der Waals surface area contributed by atoms with Gasteiger partial charge in [-0.3, -0.25) is 4.79 Å². The van der Waals surface area contributed by atoms with Crippen molar-refractivity contribution in [2.75, 3.05) is 11.4 Å². The highest BCUT2D eigenvalue weighted by Gasteiger charge is 2.26. The summed E-state index contributed by atoms with van der Waals surface area (Å²) in [7, 11) is 1.77. The number of carbonyl (C=O) groups is 1. The van der Waals surface area contributed by atoms with Crippen molar-refractivity contribution in [3.63, 3.8) is 0 Å². The molecule has 116 valence electrons. The van der Waals surface area contributed by atoms with Crippen LogP contribution in [0.2, 0.25) is 5.02 Å². The van der Waals surface area contributed by atoms with E-state index in [-0.39, 0.29) is 5.91 Å². The second kappa shape index (κ2) is 5.31. The number of amides is 1. The zero-order valence-corrected chi connectivity index (χ0v) is 13.3. The highest BCUT2D eigenvalue weighted by molar-refractivity contribution is 6.34. The molecule has 1 aliphatic rings. The third kappa shape index (κ3) is 2.26. The number of halogens is 1. The van der Waals surface area contributed by atoms with Crippen LogP contribution in [0.25, 0.3) is 11.2 Å². The summed E-state index contributed by atoms with van der Waals surface area (Å²) in [5, 5.41) is 8.54. The standard InChI is InChI=1S/C16H14ClN5O/c1-21-15-13(19-20-21)8-11(9-18-15)16(23)22-7-3-5-10-4-2-6-12(17)14(10)22/h2,4,6,8-9H,3,5,7H2,1H3. The topological polar surface area (TPSA) is 63.9 Å². The fraction of sp³-hybridized carbons (Fsp3) is 0.250. The molecule has 0 aliphatic carbocycles. The summed E-state index contributed by atoms with van der Waals surface area (Å²) in [5.74, 6) is -0.112. The van der Waals surface area contributed by atoms with Gasteiger partial charge in [-0.05, 0) is 30.5 Å². The zero-order valence-electron chi connectivity index (χ0n) is 12.5. The highest BCUT2D eigenvalue weighted by atomic mass is 35.5. The Labute approximate surface area is 137 Å². The molecule has 0 fully saturated rings. The van der Waals surface area contributed by atoms with E-state index in [0.29, 0.717) is 28.3 Å². The van der Waals surface area contributed by atoms with E-state index >= 15 is 0 Å². The lowest BCUT2D eigenvalue weighted by atomic mass is 10.0. The van der Waals surface area contributed by atoms with Crippen LogP contribution in [0.4, 0.5) is 5.69 Å². The fourth-order valence-corrected chi connectivity index (χ4v) is 3.30. The minimum absolute atomic E-state index is 0.112. The maximum Gasteiger partial charge on any atom is 0.259 e. The van der Waals surface area contributed by atoms with Crippen LogP contribution in [-0.2, 0) is 13.5 Å². The van der Waals surface area contributed by atoms with Crippen LogP contribution in [0.15, 0.2) is 30.5 Å². The SMILES string of the molecule is Cn1nnc2cc(C(=O)N3CCCc4cccc(Cl)c43)cnc21. The maximum atomic E-state index is 12.9. The van der Waals surface area contributed by atoms with Gasteiger partial charge in [0.15, 0.2) is 5.65 Å². The van der Waals surface area contributed by atoms with Gasteiger partial charge in [-0.15, -0.1) is 5.10 Å². The van der Waals surface area contributed by atoms with E-state index in [1.54, 1.807) is 28.9 Å². The van der Waals surface area contributed by atoms with Crippen molar-refractivity contribution < 1.29 is 4.79 Å². The van der Waals surface area contributed by atoms with Crippen molar-refractivity contribution in [1.29, 1.82) is 0 Å². The van der Waals surface area contributed by atoms with Crippen LogP contribution >= 0.6 is 11.6 Å². The van der Waals surface area contributed by atoms with Crippen LogP contribution in [-0.4, -0.2) is 32.4 Å². The van der Waals surface area contributed by atoms with E-state index in [9.17, 15) is 4.79 Å². The lowest BCUT2D eigenvalue weighted by Gasteiger charge is -2.30. The zero-order chi connectivity index (χ0) is 16.0. The number of rotatable bonds is 1. The van der Waals surface area contributed by atoms with E-state index in [2.05, 4.69) is 15.3 Å². The molecule has 7 heteroatoms. The van der Waals surface area contributed by atoms with Crippen molar-refractivity contribution in [3.05, 3.63) is 46.6 Å². The lowest BCUT2D eigenvalue weighted by Crippen LogP contribution is -2.35. The molecule has 0 bridgehead atoms. The van der Waals surface area contributed by atoms with Crippen molar-refractivity contribution in [2.24, 2.45) is 7.05 Å². The van der Waals surface area contributed by atoms with Crippen molar-refractivity contribution in [3.8, 4) is 0 Å². The number of carbonyl (C=O) groups excluding carboxylic acids is 1. The Morgan fingerprint density at radius 1 is 1.35 bits per heavy atom. The van der Waals surface area contributed by atoms with Gasteiger partial charge in [0.05, 0.1) is 16.3 Å². The predicted octanol–water partition coefficient (Wildman–Crippen LogP) is 2.61. The van der Waals surface area contributed by atoms with E-state index in [4.69, 9.17) is 11.6 Å². The Bertz CT molecular complexity index is 920. The average molecular weight is 328 g/mol. The van der Waals surface area contributed by atoms with Gasteiger partial charge in [-0.2, -0.15) is 0 Å². The molecule has 0 N–H and O–H groups in total. The van der Waals surface area contributed by atoms with Gasteiger partial charge in [0.1, 0.15) is 5.52 Å². The molecule has 0 radical (unpaired) electrons. The Balaban J connectivity index is 1.77. The number of aromatic nitrogens is 4. The maximum absolute atomic E-state index is 12.9. The summed E-state index contributed by atoms with van der Waals surface area (Å²) in [5.41, 5.74) is 3.66. The highest BCUT2D eigenvalue weighted by Crippen LogP contribution is 2.35. The van der Waals surface area contributed by atoms with Crippen LogP contribution in [0.5, 0.6) is 0 Å². The Morgan fingerprint density at radius 2 is 2.22 bits per heavy atom. The molecule has 0 spiro atoms. The second-order valence-electron chi connectivity index (χ2n) is 5.59. The number of aryl methyl sites for hydroxylation is 2. The molecule has 3 aromatic rings. The van der Waals surface area contributed by atoms with Crippen LogP contribution < -0.4 is 4.90 Å². The molecule has 1 aliphatic heterocycles. The molecule has 6 nitrogen and oxygen atoms in total. The number of para-hydroxylation sites is 1. The first-order chi connectivity index (χ1) is 11.1. The predicted molar refractivity (Wildman–Crippen MR) is 87.8 cm³/mol. The van der Waals surface area contributed by atoms with Gasteiger partial charge in [-0.1, -0.05) is 28.9 Å². The molecule has 1 aromatic carbocycles. The molecule has 2 aromatic heterocycles. The van der Waals surface area contributed by atoms with Crippen LogP contribution in [0.3, 0.4) is 0 Å². The average Bonchev–Trinajstić information content (AvgIpc) is 2.94. The quantitative estimate of drug-likeness (QED) is 0.689. The van der Waals surface area contributed by atoms with Crippen molar-refractivity contribution >= 4 is 34.4 Å². The number of hydrogen-bond donors (Lipinski definition) is 0. The summed E-state index contributed by atoms with van der Waals surface area (Å²) in [6, 6.07) is 7.48. The minimum atomic E-state index is -0.112. The van der Waals surface area contributed by atoms with Gasteiger partial charge >= 0.3 is 0 Å². The molecular formula is C16H14ClN5O. The van der Waals surface area contributed by atoms with E-state index in [1.807, 2.05) is 18.2 Å². The van der Waals surface area contributed by atoms with Crippen LogP contribution in [0.1, 0.15) is 22.3 Å². The van der Waals surface area contributed by atoms with E-state index in [0.717, 1.165) is 24.1 Å². The third-order valence-corrected chi connectivity index (χ3v) is 4.41. The Morgan fingerprint density at radius 3 is 3.09 bits per heavy atom. The second-order valence-corrected chi connectivity index (χ2v) is 5.99. The smallest absolute Gasteiger partial charge is 0.259 e. The normalized spacial score (nSPS) is 14.1. The summed E-state index contributed by atoms with van der Waals surface area (Å²) < 4.78 is 1.58. The van der Waals surface area contributed by atoms with Gasteiger partial charge < -0.3 is 4.90 Å². The number of anilines is 1. The molecule has 0 unspecified atom stereocenters. The lowest BCUT2D eigenvalue weighted by molar-refractivity contribution is 0.0985. The molecule has 4 rings (SSSR count). The number of benzene rings is 1. The Hall–Kier alpha value is -2.47. The first kappa shape index (κ1) is 14.1. The monoisotopic (exact) mass is 327 g/mol. The first-order valence-electron chi connectivity index (χ1n) is 7.40. The molecule has 1 amide bonds. The largest absolute Gasteiger partial charge is 0.307 e. The molecule has 3 heterocycles. The van der Waals surface area contributed by atoms with Crippen molar-refractivity contribution in [1.82, 2.24) is 20.0 Å². The number of fused-ring (bicyclic) bond motifs is 2. The van der Waals surface area contributed by atoms with Gasteiger partial charge in [0.2, 0.25) is 0 Å². The van der Waals surface area contributed by atoms with Gasteiger partial charge in [0, 0.05) is 19.8 Å². The molecule has 0 saturated carbocycles. The number of nitrogens with zero attached hydrogens (tertiary/aromatic N) is 5. The van der Waals surface area contributed by atoms with Crippen molar-refractivity contribution in [2.45, 2.75) is 12.8 Å². The number of hydrogen-bond acceptors (Lipinski definition) is 4. The van der Waals surface area contributed by atoms with Gasteiger partial charge in [-0.25, -0.2) is 9.67 Å². The number of pyridine rings is 1. The van der Waals surface area contributed by atoms with E-state index in [1.165, 1.54) is 0 Å².